The fourth-order valence-corrected chi connectivity index (χ4v) is 3.67. The summed E-state index contributed by atoms with van der Waals surface area (Å²) in [5.41, 5.74) is -0.550. The van der Waals surface area contributed by atoms with E-state index in [4.69, 9.17) is 0 Å². The molecule has 1 aromatic heterocycles. The van der Waals surface area contributed by atoms with Crippen molar-refractivity contribution in [3.63, 3.8) is 0 Å². The van der Waals surface area contributed by atoms with E-state index in [-0.39, 0.29) is 17.6 Å². The quantitative estimate of drug-likeness (QED) is 0.685. The van der Waals surface area contributed by atoms with Crippen molar-refractivity contribution in [1.82, 2.24) is 15.3 Å². The standard InChI is InChI=1S/C21H25F4N5O/c1-12-11-26-20(29-18(12)30(2)3)28-17-6-4-16(5-7-17)27-19(31)13-8-14(21(23,24)25)10-15(22)9-13/h8-11,16-17H,4-7H2,1-3H3,(H,27,31)(H,26,28,29)/t16-,17+. The monoisotopic (exact) mass is 439 g/mol. The lowest BCUT2D eigenvalue weighted by molar-refractivity contribution is -0.137. The zero-order valence-electron chi connectivity index (χ0n) is 17.6. The van der Waals surface area contributed by atoms with Gasteiger partial charge in [-0.2, -0.15) is 18.2 Å². The summed E-state index contributed by atoms with van der Waals surface area (Å²) in [6.45, 7) is 1.93. The maximum Gasteiger partial charge on any atom is 0.416 e. The average Bonchev–Trinajstić information content (AvgIpc) is 2.69. The van der Waals surface area contributed by atoms with Crippen LogP contribution in [-0.4, -0.2) is 42.1 Å². The Balaban J connectivity index is 1.57. The minimum atomic E-state index is -4.72. The molecule has 0 bridgehead atoms. The fraction of sp³-hybridized carbons (Fsp3) is 0.476. The molecule has 1 aliphatic rings. The predicted octanol–water partition coefficient (Wildman–Crippen LogP) is 4.16. The molecule has 0 spiro atoms. The molecule has 10 heteroatoms. The Kier molecular flexibility index (Phi) is 6.66. The zero-order valence-corrected chi connectivity index (χ0v) is 17.6. The minimum Gasteiger partial charge on any atom is -0.362 e. The van der Waals surface area contributed by atoms with Gasteiger partial charge in [-0.25, -0.2) is 9.37 Å². The van der Waals surface area contributed by atoms with Gasteiger partial charge in [-0.1, -0.05) is 0 Å². The lowest BCUT2D eigenvalue weighted by atomic mass is 9.91. The molecule has 1 saturated carbocycles. The first-order chi connectivity index (χ1) is 14.5. The van der Waals surface area contributed by atoms with Crippen molar-refractivity contribution in [3.05, 3.63) is 46.9 Å². The van der Waals surface area contributed by atoms with Crippen LogP contribution in [0, 0.1) is 12.7 Å². The third kappa shape index (κ3) is 5.83. The van der Waals surface area contributed by atoms with Crippen molar-refractivity contribution in [2.45, 2.75) is 50.9 Å². The molecule has 1 aromatic carbocycles. The number of hydrogen-bond acceptors (Lipinski definition) is 5. The van der Waals surface area contributed by atoms with Gasteiger partial charge >= 0.3 is 6.18 Å². The van der Waals surface area contributed by atoms with Crippen molar-refractivity contribution in [1.29, 1.82) is 0 Å². The van der Waals surface area contributed by atoms with Gasteiger partial charge in [0.15, 0.2) is 0 Å². The highest BCUT2D eigenvalue weighted by Crippen LogP contribution is 2.30. The van der Waals surface area contributed by atoms with E-state index in [1.54, 1.807) is 6.20 Å². The van der Waals surface area contributed by atoms with Crippen molar-refractivity contribution < 1.29 is 22.4 Å². The first-order valence-corrected chi connectivity index (χ1v) is 9.99. The van der Waals surface area contributed by atoms with Crippen molar-refractivity contribution in [2.75, 3.05) is 24.3 Å². The molecule has 0 aliphatic heterocycles. The molecule has 1 heterocycles. The molecule has 1 aliphatic carbocycles. The van der Waals surface area contributed by atoms with Crippen LogP contribution in [0.15, 0.2) is 24.4 Å². The number of alkyl halides is 3. The number of hydrogen-bond donors (Lipinski definition) is 2. The molecule has 2 aromatic rings. The first-order valence-electron chi connectivity index (χ1n) is 9.99. The molecular weight excluding hydrogens is 414 g/mol. The summed E-state index contributed by atoms with van der Waals surface area (Å²) in [5, 5.41) is 6.02. The largest absolute Gasteiger partial charge is 0.416 e. The molecule has 0 atom stereocenters. The number of carbonyl (C=O) groups excluding carboxylic acids is 1. The number of aryl methyl sites for hydroxylation is 1. The second-order valence-corrected chi connectivity index (χ2v) is 7.99. The molecule has 1 fully saturated rings. The molecule has 2 N–H and O–H groups in total. The topological polar surface area (TPSA) is 70.1 Å². The van der Waals surface area contributed by atoms with Crippen LogP contribution in [0.4, 0.5) is 29.3 Å². The molecule has 31 heavy (non-hydrogen) atoms. The van der Waals surface area contributed by atoms with Gasteiger partial charge in [-0.3, -0.25) is 4.79 Å². The van der Waals surface area contributed by atoms with Crippen LogP contribution in [0.5, 0.6) is 0 Å². The Morgan fingerprint density at radius 1 is 1.10 bits per heavy atom. The minimum absolute atomic E-state index is 0.122. The maximum absolute atomic E-state index is 13.6. The Hall–Kier alpha value is -2.91. The summed E-state index contributed by atoms with van der Waals surface area (Å²) in [6, 6.07) is 1.79. The second kappa shape index (κ2) is 9.07. The Morgan fingerprint density at radius 3 is 2.35 bits per heavy atom. The Morgan fingerprint density at radius 2 is 1.74 bits per heavy atom. The number of anilines is 2. The highest BCUT2D eigenvalue weighted by molar-refractivity contribution is 5.94. The highest BCUT2D eigenvalue weighted by Gasteiger charge is 2.32. The van der Waals surface area contributed by atoms with Crippen molar-refractivity contribution in [3.8, 4) is 0 Å². The average molecular weight is 439 g/mol. The van der Waals surface area contributed by atoms with Crippen LogP contribution in [-0.2, 0) is 6.18 Å². The van der Waals surface area contributed by atoms with Crippen LogP contribution in [0.25, 0.3) is 0 Å². The summed E-state index contributed by atoms with van der Waals surface area (Å²) < 4.78 is 52.1. The second-order valence-electron chi connectivity index (χ2n) is 7.99. The van der Waals surface area contributed by atoms with E-state index in [1.165, 1.54) is 0 Å². The summed E-state index contributed by atoms with van der Waals surface area (Å²) in [5.74, 6) is -0.449. The number of benzene rings is 1. The zero-order chi connectivity index (χ0) is 22.8. The van der Waals surface area contributed by atoms with E-state index in [1.807, 2.05) is 25.9 Å². The molecule has 0 unspecified atom stereocenters. The van der Waals surface area contributed by atoms with E-state index >= 15 is 0 Å². The van der Waals surface area contributed by atoms with Gasteiger partial charge in [0.25, 0.3) is 5.91 Å². The molecular formula is C21H25F4N5O. The summed E-state index contributed by atoms with van der Waals surface area (Å²) in [6.07, 6.45) is -0.225. The third-order valence-corrected chi connectivity index (χ3v) is 5.25. The van der Waals surface area contributed by atoms with Gasteiger partial charge in [0.2, 0.25) is 5.95 Å². The lowest BCUT2D eigenvalue weighted by Crippen LogP contribution is -2.40. The van der Waals surface area contributed by atoms with Gasteiger partial charge in [-0.05, 0) is 50.8 Å². The van der Waals surface area contributed by atoms with Crippen LogP contribution in [0.3, 0.4) is 0 Å². The number of amides is 1. The van der Waals surface area contributed by atoms with E-state index in [2.05, 4.69) is 20.6 Å². The SMILES string of the molecule is Cc1cnc(N[C@H]2CC[C@@H](NC(=O)c3cc(F)cc(C(F)(F)F)c3)CC2)nc1N(C)C. The van der Waals surface area contributed by atoms with Crippen molar-refractivity contribution in [2.24, 2.45) is 0 Å². The molecule has 1 amide bonds. The summed E-state index contributed by atoms with van der Waals surface area (Å²) >= 11 is 0. The number of nitrogens with one attached hydrogen (secondary N) is 2. The van der Waals surface area contributed by atoms with Gasteiger partial charge < -0.3 is 15.5 Å². The number of carbonyl (C=O) groups is 1. The van der Waals surface area contributed by atoms with Gasteiger partial charge in [-0.15, -0.1) is 0 Å². The van der Waals surface area contributed by atoms with Crippen molar-refractivity contribution >= 4 is 17.7 Å². The molecule has 0 saturated heterocycles. The van der Waals surface area contributed by atoms with E-state index < -0.39 is 23.5 Å². The van der Waals surface area contributed by atoms with E-state index in [0.29, 0.717) is 30.9 Å². The number of halogens is 4. The normalized spacial score (nSPS) is 19.1. The fourth-order valence-electron chi connectivity index (χ4n) is 3.67. The molecule has 3 rings (SSSR count). The summed E-state index contributed by atoms with van der Waals surface area (Å²) in [4.78, 5) is 23.1. The predicted molar refractivity (Wildman–Crippen MR) is 110 cm³/mol. The van der Waals surface area contributed by atoms with Gasteiger partial charge in [0.1, 0.15) is 11.6 Å². The molecule has 6 nitrogen and oxygen atoms in total. The van der Waals surface area contributed by atoms with E-state index in [0.717, 1.165) is 30.3 Å². The Bertz CT molecular complexity index is 940. The smallest absolute Gasteiger partial charge is 0.362 e. The molecule has 0 radical (unpaired) electrons. The summed E-state index contributed by atoms with van der Waals surface area (Å²) in [7, 11) is 3.81. The van der Waals surface area contributed by atoms with E-state index in [9.17, 15) is 22.4 Å². The van der Waals surface area contributed by atoms with Crippen LogP contribution in [0.2, 0.25) is 0 Å². The lowest BCUT2D eigenvalue weighted by Gasteiger charge is -2.30. The van der Waals surface area contributed by atoms with Gasteiger partial charge in [0.05, 0.1) is 5.56 Å². The Labute approximate surface area is 178 Å². The highest BCUT2D eigenvalue weighted by atomic mass is 19.4. The number of nitrogens with zero attached hydrogens (tertiary/aromatic N) is 3. The third-order valence-electron chi connectivity index (χ3n) is 5.25. The number of rotatable bonds is 5. The van der Waals surface area contributed by atoms with Crippen LogP contribution < -0.4 is 15.5 Å². The van der Waals surface area contributed by atoms with Crippen LogP contribution >= 0.6 is 0 Å². The number of aromatic nitrogens is 2. The molecule has 168 valence electrons. The maximum atomic E-state index is 13.6. The van der Waals surface area contributed by atoms with Gasteiger partial charge in [0, 0.05) is 43.5 Å². The first kappa shape index (κ1) is 22.8. The van der Waals surface area contributed by atoms with Crippen LogP contribution in [0.1, 0.15) is 47.2 Å².